The molecule has 0 aliphatic heterocycles. The lowest BCUT2D eigenvalue weighted by Crippen LogP contribution is -2.14. The number of aromatic nitrogens is 2. The first-order chi connectivity index (χ1) is 26.8. The zero-order chi connectivity index (χ0) is 36.8. The van der Waals surface area contributed by atoms with E-state index in [1.54, 1.807) is 0 Å². The fraction of sp³-hybridized carbons (Fsp3) is 0.115. The Labute approximate surface area is 319 Å². The molecule has 0 spiro atoms. The molecule has 2 aliphatic rings. The van der Waals surface area contributed by atoms with Crippen LogP contribution in [0.1, 0.15) is 49.9 Å². The third-order valence-corrected chi connectivity index (χ3v) is 12.9. The van der Waals surface area contributed by atoms with E-state index < -0.39 is 0 Å². The van der Waals surface area contributed by atoms with E-state index in [9.17, 15) is 0 Å². The molecule has 0 N–H and O–H groups in total. The highest BCUT2D eigenvalue weighted by Gasteiger charge is 2.41. The second kappa shape index (κ2) is 10.5. The number of rotatable bonds is 3. The Morgan fingerprint density at radius 3 is 1.62 bits per heavy atom. The SMILES string of the molecule is CC1(C)c2ccccc2-c2c1c1ccccc1n2-c1ccc2oc3ccc(-c4ccc5c(c4)c4c(n5-c5ccccc5)-c5ccccc5C4(C)C)cc3c2c1. The number of fused-ring (bicyclic) bond motifs is 13. The first-order valence-electron chi connectivity index (χ1n) is 19.4. The molecular formula is C52H38N2O. The second-order valence-corrected chi connectivity index (χ2v) is 16.5. The first-order valence-corrected chi connectivity index (χ1v) is 19.4. The standard InChI is InChI=1S/C52H38N2O/c1-51(2)41-19-11-8-16-35(41)49-47(51)37-18-10-13-21-43(37)54(49)34-24-27-46-39(30-34)38-28-32(23-26-45(38)55-46)31-22-25-44-40(29-31)48-50(53(44)33-14-6-5-7-15-33)36-17-9-12-20-42(36)52(48,3)4/h5-30H,1-4H3. The van der Waals surface area contributed by atoms with Gasteiger partial charge < -0.3 is 13.6 Å². The fourth-order valence-corrected chi connectivity index (χ4v) is 10.4. The lowest BCUT2D eigenvalue weighted by atomic mass is 9.81. The molecule has 0 saturated carbocycles. The molecule has 10 aromatic rings. The van der Waals surface area contributed by atoms with Crippen molar-refractivity contribution < 1.29 is 4.42 Å². The van der Waals surface area contributed by atoms with Crippen LogP contribution in [-0.4, -0.2) is 9.13 Å². The molecule has 0 fully saturated rings. The van der Waals surface area contributed by atoms with E-state index >= 15 is 0 Å². The number of hydrogen-bond donors (Lipinski definition) is 0. The van der Waals surface area contributed by atoms with Crippen LogP contribution < -0.4 is 0 Å². The molecule has 0 unspecified atom stereocenters. The smallest absolute Gasteiger partial charge is 0.135 e. The van der Waals surface area contributed by atoms with Crippen LogP contribution in [0.3, 0.4) is 0 Å². The van der Waals surface area contributed by atoms with Crippen molar-refractivity contribution >= 4 is 43.7 Å². The van der Waals surface area contributed by atoms with Gasteiger partial charge in [0.1, 0.15) is 11.2 Å². The van der Waals surface area contributed by atoms with Gasteiger partial charge in [0.15, 0.2) is 0 Å². The van der Waals surface area contributed by atoms with Gasteiger partial charge in [-0.25, -0.2) is 0 Å². The van der Waals surface area contributed by atoms with E-state index in [1.165, 1.54) is 83.4 Å². The van der Waals surface area contributed by atoms with Crippen LogP contribution in [0.15, 0.2) is 162 Å². The molecule has 2 aliphatic carbocycles. The summed E-state index contributed by atoms with van der Waals surface area (Å²) in [5.74, 6) is 0. The van der Waals surface area contributed by atoms with Gasteiger partial charge in [-0.3, -0.25) is 0 Å². The predicted molar refractivity (Wildman–Crippen MR) is 228 cm³/mol. The maximum Gasteiger partial charge on any atom is 0.135 e. The predicted octanol–water partition coefficient (Wildman–Crippen LogP) is 13.8. The second-order valence-electron chi connectivity index (χ2n) is 16.5. The topological polar surface area (TPSA) is 23.0 Å². The molecule has 0 atom stereocenters. The number of nitrogens with zero attached hydrogens (tertiary/aromatic N) is 2. The highest BCUT2D eigenvalue weighted by Crippen LogP contribution is 2.55. The number of furan rings is 1. The van der Waals surface area contributed by atoms with Crippen LogP contribution in [0.4, 0.5) is 0 Å². The number of para-hydroxylation sites is 2. The van der Waals surface area contributed by atoms with E-state index in [2.05, 4.69) is 195 Å². The number of hydrogen-bond acceptors (Lipinski definition) is 1. The van der Waals surface area contributed by atoms with Gasteiger partial charge in [0.05, 0.1) is 22.4 Å². The molecule has 0 radical (unpaired) electrons. The third kappa shape index (κ3) is 3.95. The van der Waals surface area contributed by atoms with Crippen LogP contribution in [0.2, 0.25) is 0 Å². The zero-order valence-corrected chi connectivity index (χ0v) is 31.3. The molecule has 0 amide bonds. The molecule has 55 heavy (non-hydrogen) atoms. The molecule has 3 nitrogen and oxygen atoms in total. The van der Waals surface area contributed by atoms with Crippen molar-refractivity contribution in [1.82, 2.24) is 9.13 Å². The monoisotopic (exact) mass is 706 g/mol. The molecule has 7 aromatic carbocycles. The average molecular weight is 707 g/mol. The summed E-state index contributed by atoms with van der Waals surface area (Å²) in [7, 11) is 0. The lowest BCUT2D eigenvalue weighted by molar-refractivity contribution is 0.666. The highest BCUT2D eigenvalue weighted by atomic mass is 16.3. The van der Waals surface area contributed by atoms with E-state index in [-0.39, 0.29) is 10.8 Å². The minimum atomic E-state index is -0.136. The Balaban J connectivity index is 1.06. The first kappa shape index (κ1) is 30.8. The largest absolute Gasteiger partial charge is 0.456 e. The summed E-state index contributed by atoms with van der Waals surface area (Å²) in [4.78, 5) is 0. The van der Waals surface area contributed by atoms with Crippen molar-refractivity contribution in [2.75, 3.05) is 0 Å². The Bertz CT molecular complexity index is 3260. The Hall–Kier alpha value is -6.58. The van der Waals surface area contributed by atoms with Gasteiger partial charge in [-0.1, -0.05) is 125 Å². The van der Waals surface area contributed by atoms with Crippen molar-refractivity contribution in [3.05, 3.63) is 180 Å². The van der Waals surface area contributed by atoms with E-state index in [1.807, 2.05) is 0 Å². The van der Waals surface area contributed by atoms with Gasteiger partial charge in [-0.05, 0) is 94.0 Å². The molecule has 3 aromatic heterocycles. The van der Waals surface area contributed by atoms with Crippen molar-refractivity contribution in [3.8, 4) is 45.0 Å². The minimum Gasteiger partial charge on any atom is -0.456 e. The van der Waals surface area contributed by atoms with Crippen LogP contribution in [0.25, 0.3) is 88.8 Å². The third-order valence-electron chi connectivity index (χ3n) is 12.9. The van der Waals surface area contributed by atoms with Crippen molar-refractivity contribution in [3.63, 3.8) is 0 Å². The summed E-state index contributed by atoms with van der Waals surface area (Å²) in [6.07, 6.45) is 0. The summed E-state index contributed by atoms with van der Waals surface area (Å²) < 4.78 is 11.5. The normalized spacial score (nSPS) is 14.8. The Kier molecular flexibility index (Phi) is 5.91. The minimum absolute atomic E-state index is 0.0978. The molecule has 0 saturated heterocycles. The van der Waals surface area contributed by atoms with Crippen LogP contribution >= 0.6 is 0 Å². The van der Waals surface area contributed by atoms with Crippen LogP contribution in [0.5, 0.6) is 0 Å². The lowest BCUT2D eigenvalue weighted by Gasteiger charge is -2.21. The van der Waals surface area contributed by atoms with Crippen molar-refractivity contribution in [1.29, 1.82) is 0 Å². The van der Waals surface area contributed by atoms with Crippen LogP contribution in [-0.2, 0) is 10.8 Å². The molecule has 12 rings (SSSR count). The van der Waals surface area contributed by atoms with Gasteiger partial charge in [0, 0.05) is 54.9 Å². The summed E-state index contributed by atoms with van der Waals surface area (Å²) in [5.41, 5.74) is 19.5. The molecule has 262 valence electrons. The van der Waals surface area contributed by atoms with E-state index in [0.717, 1.165) is 27.6 Å². The Morgan fingerprint density at radius 1 is 0.400 bits per heavy atom. The summed E-state index contributed by atoms with van der Waals surface area (Å²) in [5, 5.41) is 4.87. The van der Waals surface area contributed by atoms with Gasteiger partial charge in [-0.15, -0.1) is 0 Å². The van der Waals surface area contributed by atoms with Crippen molar-refractivity contribution in [2.45, 2.75) is 38.5 Å². The van der Waals surface area contributed by atoms with Crippen molar-refractivity contribution in [2.24, 2.45) is 0 Å². The molecule has 0 bridgehead atoms. The number of benzene rings is 7. The van der Waals surface area contributed by atoms with Gasteiger partial charge in [0.2, 0.25) is 0 Å². The van der Waals surface area contributed by atoms with E-state index in [0.29, 0.717) is 0 Å². The molecule has 3 heterocycles. The maximum absolute atomic E-state index is 6.52. The quantitative estimate of drug-likeness (QED) is 0.179. The van der Waals surface area contributed by atoms with E-state index in [4.69, 9.17) is 4.42 Å². The van der Waals surface area contributed by atoms with Gasteiger partial charge in [-0.2, -0.15) is 0 Å². The summed E-state index contributed by atoms with van der Waals surface area (Å²) in [6.45, 7) is 9.49. The molecule has 3 heteroatoms. The highest BCUT2D eigenvalue weighted by molar-refractivity contribution is 6.08. The van der Waals surface area contributed by atoms with Crippen LogP contribution in [0, 0.1) is 0 Å². The fourth-order valence-electron chi connectivity index (χ4n) is 10.4. The Morgan fingerprint density at radius 2 is 0.909 bits per heavy atom. The van der Waals surface area contributed by atoms with Gasteiger partial charge in [0.25, 0.3) is 0 Å². The van der Waals surface area contributed by atoms with Gasteiger partial charge >= 0.3 is 0 Å². The summed E-state index contributed by atoms with van der Waals surface area (Å²) in [6, 6.07) is 58.0. The maximum atomic E-state index is 6.52. The summed E-state index contributed by atoms with van der Waals surface area (Å²) >= 11 is 0. The zero-order valence-electron chi connectivity index (χ0n) is 31.3. The molecular weight excluding hydrogens is 669 g/mol. The average Bonchev–Trinajstić information content (AvgIpc) is 3.97.